The summed E-state index contributed by atoms with van der Waals surface area (Å²) in [6, 6.07) is 7.96. The van der Waals surface area contributed by atoms with Gasteiger partial charge in [0.1, 0.15) is 5.82 Å². The minimum Gasteiger partial charge on any atom is -0.316 e. The molecule has 25 heavy (non-hydrogen) atoms. The minimum atomic E-state index is -0.462. The summed E-state index contributed by atoms with van der Waals surface area (Å²) >= 11 is 0. The van der Waals surface area contributed by atoms with Gasteiger partial charge in [0.05, 0.1) is 18.4 Å². The largest absolute Gasteiger partial charge is 0.316 e. The quantitative estimate of drug-likeness (QED) is 0.613. The maximum absolute atomic E-state index is 13.2. The second-order valence-corrected chi connectivity index (χ2v) is 5.31. The molecule has 1 N–H and O–H groups in total. The van der Waals surface area contributed by atoms with Crippen LogP contribution in [0, 0.1) is 5.82 Å². The Hall–Kier alpha value is -3.62. The van der Waals surface area contributed by atoms with Crippen molar-refractivity contribution in [1.29, 1.82) is 0 Å². The highest BCUT2D eigenvalue weighted by Gasteiger charge is 2.14. The summed E-state index contributed by atoms with van der Waals surface area (Å²) in [5.74, 6) is -0.411. The summed E-state index contributed by atoms with van der Waals surface area (Å²) in [5.41, 5.74) is 1.27. The number of benzene rings is 1. The standard InChI is InChI=1S/C16H12FN7O/c17-12-4-1-3-11(7-12)9-23-10-13(8-19-23)20-15(25)14-21-16-18-5-2-6-24(16)22-14/h1-8,10H,9H2,(H,20,25). The van der Waals surface area contributed by atoms with Crippen LogP contribution in [0.3, 0.4) is 0 Å². The number of anilines is 1. The van der Waals surface area contributed by atoms with Crippen molar-refractivity contribution >= 4 is 17.4 Å². The molecule has 4 rings (SSSR count). The monoisotopic (exact) mass is 337 g/mol. The van der Waals surface area contributed by atoms with Crippen LogP contribution in [0.1, 0.15) is 16.2 Å². The normalized spacial score (nSPS) is 10.9. The average molecular weight is 337 g/mol. The fraction of sp³-hybridized carbons (Fsp3) is 0.0625. The van der Waals surface area contributed by atoms with E-state index in [2.05, 4.69) is 25.5 Å². The first-order chi connectivity index (χ1) is 12.2. The smallest absolute Gasteiger partial charge is 0.295 e. The molecule has 0 radical (unpaired) electrons. The lowest BCUT2D eigenvalue weighted by atomic mass is 10.2. The van der Waals surface area contributed by atoms with Crippen molar-refractivity contribution in [2.75, 3.05) is 5.32 Å². The van der Waals surface area contributed by atoms with Crippen molar-refractivity contribution < 1.29 is 9.18 Å². The fourth-order valence-corrected chi connectivity index (χ4v) is 2.35. The summed E-state index contributed by atoms with van der Waals surface area (Å²) in [7, 11) is 0. The number of aromatic nitrogens is 6. The summed E-state index contributed by atoms with van der Waals surface area (Å²) in [6.45, 7) is 0.393. The zero-order valence-electron chi connectivity index (χ0n) is 12.9. The lowest BCUT2D eigenvalue weighted by Gasteiger charge is -2.01. The number of halogens is 1. The Kier molecular flexibility index (Phi) is 3.65. The van der Waals surface area contributed by atoms with Gasteiger partial charge >= 0.3 is 0 Å². The van der Waals surface area contributed by atoms with E-state index in [1.54, 1.807) is 41.5 Å². The number of fused-ring (bicyclic) bond motifs is 1. The molecule has 4 aromatic rings. The average Bonchev–Trinajstić information content (AvgIpc) is 3.21. The maximum Gasteiger partial charge on any atom is 0.295 e. The lowest BCUT2D eigenvalue weighted by molar-refractivity contribution is 0.101. The van der Waals surface area contributed by atoms with Gasteiger partial charge in [-0.3, -0.25) is 9.48 Å². The highest BCUT2D eigenvalue weighted by molar-refractivity contribution is 6.01. The van der Waals surface area contributed by atoms with Crippen LogP contribution in [-0.2, 0) is 6.54 Å². The van der Waals surface area contributed by atoms with Gasteiger partial charge in [-0.2, -0.15) is 10.1 Å². The number of amides is 1. The van der Waals surface area contributed by atoms with Gasteiger partial charge in [0, 0.05) is 18.6 Å². The molecular formula is C16H12FN7O. The molecule has 9 heteroatoms. The van der Waals surface area contributed by atoms with Crippen LogP contribution in [0.25, 0.3) is 5.78 Å². The molecule has 0 aliphatic heterocycles. The van der Waals surface area contributed by atoms with Crippen molar-refractivity contribution in [2.24, 2.45) is 0 Å². The Balaban J connectivity index is 1.47. The van der Waals surface area contributed by atoms with E-state index in [0.717, 1.165) is 5.56 Å². The van der Waals surface area contributed by atoms with Gasteiger partial charge in [-0.15, -0.1) is 5.10 Å². The Bertz CT molecular complexity index is 1020. The Morgan fingerprint density at radius 1 is 1.28 bits per heavy atom. The molecule has 0 saturated carbocycles. The predicted octanol–water partition coefficient (Wildman–Crippen LogP) is 1.76. The van der Waals surface area contributed by atoms with Gasteiger partial charge < -0.3 is 5.32 Å². The second kappa shape index (κ2) is 6.11. The number of rotatable bonds is 4. The summed E-state index contributed by atoms with van der Waals surface area (Å²) in [4.78, 5) is 20.3. The van der Waals surface area contributed by atoms with Gasteiger partial charge in [0.15, 0.2) is 0 Å². The number of carbonyl (C=O) groups excluding carboxylic acids is 1. The minimum absolute atomic E-state index is 0.0107. The van der Waals surface area contributed by atoms with Crippen LogP contribution in [-0.4, -0.2) is 35.3 Å². The molecular weight excluding hydrogens is 325 g/mol. The summed E-state index contributed by atoms with van der Waals surface area (Å²) in [5, 5.41) is 10.9. The molecule has 0 aliphatic carbocycles. The van der Waals surface area contributed by atoms with Crippen molar-refractivity contribution in [2.45, 2.75) is 6.54 Å². The zero-order chi connectivity index (χ0) is 17.2. The van der Waals surface area contributed by atoms with E-state index in [0.29, 0.717) is 18.0 Å². The molecule has 0 aliphatic rings. The third-order valence-corrected chi connectivity index (χ3v) is 3.44. The number of carbonyl (C=O) groups is 1. The first kappa shape index (κ1) is 14.9. The molecule has 8 nitrogen and oxygen atoms in total. The van der Waals surface area contributed by atoms with Gasteiger partial charge in [0.25, 0.3) is 11.7 Å². The molecule has 1 amide bonds. The first-order valence-electron chi connectivity index (χ1n) is 7.43. The van der Waals surface area contributed by atoms with E-state index >= 15 is 0 Å². The van der Waals surface area contributed by atoms with E-state index in [1.807, 2.05) is 0 Å². The van der Waals surface area contributed by atoms with Crippen molar-refractivity contribution in [3.8, 4) is 0 Å². The van der Waals surface area contributed by atoms with Gasteiger partial charge in [-0.1, -0.05) is 12.1 Å². The van der Waals surface area contributed by atoms with Crippen molar-refractivity contribution in [3.05, 3.63) is 72.3 Å². The number of nitrogens with one attached hydrogen (secondary N) is 1. The van der Waals surface area contributed by atoms with E-state index in [1.165, 1.54) is 22.8 Å². The van der Waals surface area contributed by atoms with Gasteiger partial charge in [-0.05, 0) is 23.8 Å². The van der Waals surface area contributed by atoms with E-state index in [9.17, 15) is 9.18 Å². The third-order valence-electron chi connectivity index (χ3n) is 3.44. The van der Waals surface area contributed by atoms with E-state index < -0.39 is 5.91 Å². The third kappa shape index (κ3) is 3.20. The predicted molar refractivity (Wildman–Crippen MR) is 86.5 cm³/mol. The number of nitrogens with zero attached hydrogens (tertiary/aromatic N) is 6. The molecule has 1 aromatic carbocycles. The van der Waals surface area contributed by atoms with Crippen LogP contribution in [0.2, 0.25) is 0 Å². The van der Waals surface area contributed by atoms with Crippen LogP contribution >= 0.6 is 0 Å². The lowest BCUT2D eigenvalue weighted by Crippen LogP contribution is -2.13. The molecule has 0 saturated heterocycles. The maximum atomic E-state index is 13.2. The molecule has 0 atom stereocenters. The Morgan fingerprint density at radius 2 is 2.20 bits per heavy atom. The Morgan fingerprint density at radius 3 is 3.04 bits per heavy atom. The molecule has 0 spiro atoms. The molecule has 3 aromatic heterocycles. The topological polar surface area (TPSA) is 90.0 Å². The molecule has 124 valence electrons. The Labute approximate surface area is 141 Å². The summed E-state index contributed by atoms with van der Waals surface area (Å²) in [6.07, 6.45) is 6.38. The highest BCUT2D eigenvalue weighted by Crippen LogP contribution is 2.10. The molecule has 0 fully saturated rings. The second-order valence-electron chi connectivity index (χ2n) is 5.31. The van der Waals surface area contributed by atoms with Crippen LogP contribution in [0.5, 0.6) is 0 Å². The fourth-order valence-electron chi connectivity index (χ4n) is 2.35. The van der Waals surface area contributed by atoms with E-state index in [-0.39, 0.29) is 11.6 Å². The number of hydrogen-bond donors (Lipinski definition) is 1. The SMILES string of the molecule is O=C(Nc1cnn(Cc2cccc(F)c2)c1)c1nc2ncccn2n1. The first-order valence-corrected chi connectivity index (χ1v) is 7.43. The van der Waals surface area contributed by atoms with Gasteiger partial charge in [0.2, 0.25) is 5.82 Å². The molecule has 3 heterocycles. The van der Waals surface area contributed by atoms with E-state index in [4.69, 9.17) is 0 Å². The number of hydrogen-bond acceptors (Lipinski definition) is 5. The van der Waals surface area contributed by atoms with Crippen molar-refractivity contribution in [1.82, 2.24) is 29.4 Å². The molecule has 0 unspecified atom stereocenters. The summed E-state index contributed by atoms with van der Waals surface area (Å²) < 4.78 is 16.2. The van der Waals surface area contributed by atoms with Crippen LogP contribution in [0.4, 0.5) is 10.1 Å². The van der Waals surface area contributed by atoms with Gasteiger partial charge in [-0.25, -0.2) is 13.9 Å². The van der Waals surface area contributed by atoms with Crippen LogP contribution < -0.4 is 5.32 Å². The van der Waals surface area contributed by atoms with Crippen LogP contribution in [0.15, 0.2) is 55.1 Å². The zero-order valence-corrected chi connectivity index (χ0v) is 12.9. The highest BCUT2D eigenvalue weighted by atomic mass is 19.1. The molecule has 0 bridgehead atoms. The van der Waals surface area contributed by atoms with Crippen molar-refractivity contribution in [3.63, 3.8) is 0 Å².